The summed E-state index contributed by atoms with van der Waals surface area (Å²) >= 11 is 1.71. The van der Waals surface area contributed by atoms with Crippen molar-refractivity contribution in [2.24, 2.45) is 5.84 Å². The van der Waals surface area contributed by atoms with Crippen LogP contribution in [0.15, 0.2) is 11.4 Å². The van der Waals surface area contributed by atoms with Gasteiger partial charge in [-0.3, -0.25) is 0 Å². The van der Waals surface area contributed by atoms with E-state index in [9.17, 15) is 0 Å². The second-order valence-corrected chi connectivity index (χ2v) is 4.36. The molecule has 1 aliphatic heterocycles. The largest absolute Gasteiger partial charge is 0.379 e. The number of ether oxygens (including phenoxy) is 1. The molecule has 0 aliphatic carbocycles. The van der Waals surface area contributed by atoms with E-state index in [0.29, 0.717) is 11.1 Å². The van der Waals surface area contributed by atoms with Gasteiger partial charge in [0.1, 0.15) is 17.2 Å². The van der Waals surface area contributed by atoms with Crippen LogP contribution in [0.5, 0.6) is 0 Å². The number of anilines is 1. The Hall–Kier alpha value is -0.850. The molecule has 0 radical (unpaired) electrons. The first-order valence-electron chi connectivity index (χ1n) is 4.34. The van der Waals surface area contributed by atoms with Crippen LogP contribution < -0.4 is 11.3 Å². The summed E-state index contributed by atoms with van der Waals surface area (Å²) in [6.45, 7) is 3.57. The van der Waals surface area contributed by atoms with Crippen LogP contribution in [0.4, 0.5) is 5.82 Å². The van der Waals surface area contributed by atoms with Gasteiger partial charge in [-0.15, -0.1) is 0 Å². The Kier molecular flexibility index (Phi) is 2.85. The Balaban J connectivity index is 2.15. The van der Waals surface area contributed by atoms with Crippen molar-refractivity contribution in [3.8, 4) is 0 Å². The van der Waals surface area contributed by atoms with E-state index in [4.69, 9.17) is 10.6 Å². The summed E-state index contributed by atoms with van der Waals surface area (Å²) in [7, 11) is 0. The zero-order valence-corrected chi connectivity index (χ0v) is 8.67. The standard InChI is InChI=1S/C8H12N4OS/c1-5-7(12-9)10-4-11-8(5)14-6-2-13-3-6/h4,6H,2-3,9H2,1H3,(H,10,11,12). The van der Waals surface area contributed by atoms with Gasteiger partial charge in [0.15, 0.2) is 0 Å². The Morgan fingerprint density at radius 2 is 2.36 bits per heavy atom. The maximum atomic E-state index is 5.32. The number of hydrazine groups is 1. The fraction of sp³-hybridized carbons (Fsp3) is 0.500. The quantitative estimate of drug-likeness (QED) is 0.433. The molecule has 2 heterocycles. The molecule has 0 atom stereocenters. The number of nitrogens with two attached hydrogens (primary N) is 1. The first-order valence-corrected chi connectivity index (χ1v) is 5.22. The Morgan fingerprint density at radius 1 is 1.57 bits per heavy atom. The van der Waals surface area contributed by atoms with Gasteiger partial charge in [0.2, 0.25) is 0 Å². The van der Waals surface area contributed by atoms with Crippen molar-refractivity contribution >= 4 is 17.6 Å². The van der Waals surface area contributed by atoms with E-state index in [1.807, 2.05) is 6.92 Å². The van der Waals surface area contributed by atoms with Gasteiger partial charge >= 0.3 is 0 Å². The zero-order chi connectivity index (χ0) is 9.97. The third-order valence-electron chi connectivity index (χ3n) is 2.06. The molecule has 3 N–H and O–H groups in total. The molecular formula is C8H12N4OS. The van der Waals surface area contributed by atoms with Crippen LogP contribution >= 0.6 is 11.8 Å². The molecule has 0 amide bonds. The number of nitrogen functional groups attached to an aromatic ring is 1. The summed E-state index contributed by atoms with van der Waals surface area (Å²) in [5.74, 6) is 6.01. The SMILES string of the molecule is Cc1c(NN)ncnc1SC1COC1. The third-order valence-corrected chi connectivity index (χ3v) is 3.30. The number of hydrogen-bond donors (Lipinski definition) is 2. The topological polar surface area (TPSA) is 73.1 Å². The molecule has 1 saturated heterocycles. The molecule has 76 valence electrons. The number of rotatable bonds is 3. The number of nitrogens with one attached hydrogen (secondary N) is 1. The minimum absolute atomic E-state index is 0.522. The predicted molar refractivity (Wildman–Crippen MR) is 55.0 cm³/mol. The molecule has 5 nitrogen and oxygen atoms in total. The van der Waals surface area contributed by atoms with Crippen LogP contribution in [0, 0.1) is 6.92 Å². The van der Waals surface area contributed by atoms with E-state index in [-0.39, 0.29) is 0 Å². The molecule has 0 unspecified atom stereocenters. The molecule has 1 aliphatic rings. The highest BCUT2D eigenvalue weighted by molar-refractivity contribution is 8.00. The minimum atomic E-state index is 0.522. The highest BCUT2D eigenvalue weighted by Gasteiger charge is 2.21. The summed E-state index contributed by atoms with van der Waals surface area (Å²) in [5, 5.41) is 1.50. The Bertz CT molecular complexity index is 329. The van der Waals surface area contributed by atoms with Crippen LogP contribution in [0.3, 0.4) is 0 Å². The monoisotopic (exact) mass is 212 g/mol. The summed E-state index contributed by atoms with van der Waals surface area (Å²) in [4.78, 5) is 8.23. The van der Waals surface area contributed by atoms with E-state index in [1.54, 1.807) is 11.8 Å². The maximum Gasteiger partial charge on any atom is 0.147 e. The van der Waals surface area contributed by atoms with Gasteiger partial charge in [-0.1, -0.05) is 11.8 Å². The van der Waals surface area contributed by atoms with E-state index in [0.717, 1.165) is 23.8 Å². The Morgan fingerprint density at radius 3 is 2.93 bits per heavy atom. The van der Waals surface area contributed by atoms with Crippen LogP contribution in [-0.2, 0) is 4.74 Å². The number of thioether (sulfide) groups is 1. The molecule has 6 heteroatoms. The van der Waals surface area contributed by atoms with E-state index < -0.39 is 0 Å². The van der Waals surface area contributed by atoms with Crippen molar-refractivity contribution in [1.29, 1.82) is 0 Å². The maximum absolute atomic E-state index is 5.32. The lowest BCUT2D eigenvalue weighted by atomic mass is 10.3. The first kappa shape index (κ1) is 9.70. The molecule has 1 aromatic heterocycles. The van der Waals surface area contributed by atoms with Crippen molar-refractivity contribution in [2.75, 3.05) is 18.6 Å². The van der Waals surface area contributed by atoms with Crippen LogP contribution in [-0.4, -0.2) is 28.4 Å². The smallest absolute Gasteiger partial charge is 0.147 e. The molecule has 0 saturated carbocycles. The number of hydrogen-bond acceptors (Lipinski definition) is 6. The molecule has 1 aromatic rings. The number of aromatic nitrogens is 2. The van der Waals surface area contributed by atoms with Crippen LogP contribution in [0.1, 0.15) is 5.56 Å². The highest BCUT2D eigenvalue weighted by atomic mass is 32.2. The van der Waals surface area contributed by atoms with Gasteiger partial charge < -0.3 is 10.2 Å². The van der Waals surface area contributed by atoms with Gasteiger partial charge in [0.05, 0.1) is 18.5 Å². The molecule has 0 spiro atoms. The van der Waals surface area contributed by atoms with Crippen LogP contribution in [0.2, 0.25) is 0 Å². The van der Waals surface area contributed by atoms with E-state index in [2.05, 4.69) is 15.4 Å². The molecule has 0 aromatic carbocycles. The van der Waals surface area contributed by atoms with Gasteiger partial charge in [-0.05, 0) is 6.92 Å². The third kappa shape index (κ3) is 1.82. The summed E-state index contributed by atoms with van der Waals surface area (Å²) in [5.41, 5.74) is 3.54. The van der Waals surface area contributed by atoms with Crippen molar-refractivity contribution in [3.63, 3.8) is 0 Å². The van der Waals surface area contributed by atoms with E-state index in [1.165, 1.54) is 6.33 Å². The number of nitrogens with zero attached hydrogens (tertiary/aromatic N) is 2. The summed E-state index contributed by atoms with van der Waals surface area (Å²) in [6.07, 6.45) is 1.52. The lowest BCUT2D eigenvalue weighted by molar-refractivity contribution is 0.0454. The van der Waals surface area contributed by atoms with Gasteiger partial charge in [-0.25, -0.2) is 15.8 Å². The van der Waals surface area contributed by atoms with Crippen molar-refractivity contribution in [1.82, 2.24) is 9.97 Å². The molecule has 2 rings (SSSR count). The molecule has 1 fully saturated rings. The second kappa shape index (κ2) is 4.12. The Labute approximate surface area is 86.4 Å². The van der Waals surface area contributed by atoms with Crippen molar-refractivity contribution in [3.05, 3.63) is 11.9 Å². The van der Waals surface area contributed by atoms with Gasteiger partial charge in [0.25, 0.3) is 0 Å². The first-order chi connectivity index (χ1) is 6.81. The summed E-state index contributed by atoms with van der Waals surface area (Å²) < 4.78 is 5.10. The normalized spacial score (nSPS) is 16.4. The lowest BCUT2D eigenvalue weighted by Crippen LogP contribution is -2.30. The second-order valence-electron chi connectivity index (χ2n) is 3.07. The highest BCUT2D eigenvalue weighted by Crippen LogP contribution is 2.30. The fourth-order valence-electron chi connectivity index (χ4n) is 1.14. The predicted octanol–water partition coefficient (Wildman–Crippen LogP) is 0.562. The van der Waals surface area contributed by atoms with Crippen molar-refractivity contribution < 1.29 is 4.74 Å². The average molecular weight is 212 g/mol. The van der Waals surface area contributed by atoms with Gasteiger partial charge in [0, 0.05) is 5.56 Å². The average Bonchev–Trinajstić information content (AvgIpc) is 2.13. The van der Waals surface area contributed by atoms with Crippen molar-refractivity contribution in [2.45, 2.75) is 17.2 Å². The molecule has 14 heavy (non-hydrogen) atoms. The van der Waals surface area contributed by atoms with Crippen LogP contribution in [0.25, 0.3) is 0 Å². The lowest BCUT2D eigenvalue weighted by Gasteiger charge is -2.25. The summed E-state index contributed by atoms with van der Waals surface area (Å²) in [6, 6.07) is 0. The fourth-order valence-corrected chi connectivity index (χ4v) is 2.16. The van der Waals surface area contributed by atoms with E-state index >= 15 is 0 Å². The van der Waals surface area contributed by atoms with Gasteiger partial charge in [-0.2, -0.15) is 0 Å². The molecule has 0 bridgehead atoms. The zero-order valence-electron chi connectivity index (χ0n) is 7.86. The minimum Gasteiger partial charge on any atom is -0.379 e. The molecular weight excluding hydrogens is 200 g/mol.